The van der Waals surface area contributed by atoms with Crippen molar-refractivity contribution in [2.24, 2.45) is 5.92 Å². The van der Waals surface area contributed by atoms with Gasteiger partial charge in [0.2, 0.25) is 10.0 Å². The van der Waals surface area contributed by atoms with Crippen molar-refractivity contribution in [3.8, 4) is 0 Å². The van der Waals surface area contributed by atoms with Crippen molar-refractivity contribution >= 4 is 21.6 Å². The molecular weight excluding hydrogens is 234 g/mol. The van der Waals surface area contributed by atoms with E-state index < -0.39 is 10.0 Å². The number of nitrogens with one attached hydrogen (secondary N) is 1. The number of sulfonamides is 1. The number of hydrogen-bond donors (Lipinski definition) is 1. The predicted molar refractivity (Wildman–Crippen MR) is 63.7 cm³/mol. The van der Waals surface area contributed by atoms with Crippen molar-refractivity contribution in [3.63, 3.8) is 0 Å². The van der Waals surface area contributed by atoms with Crippen molar-refractivity contribution in [3.05, 3.63) is 0 Å². The van der Waals surface area contributed by atoms with Gasteiger partial charge in [0.1, 0.15) is 0 Å². The average Bonchev–Trinajstić information content (AvgIpc) is 2.25. The average molecular weight is 254 g/mol. The third kappa shape index (κ3) is 5.73. The molecule has 3 nitrogen and oxygen atoms in total. The summed E-state index contributed by atoms with van der Waals surface area (Å²) in [6.45, 7) is 0.616. The molecule has 0 aromatic heterocycles. The number of alkyl halides is 1. The van der Waals surface area contributed by atoms with Gasteiger partial charge < -0.3 is 0 Å². The van der Waals surface area contributed by atoms with Crippen LogP contribution in [0.15, 0.2) is 0 Å². The van der Waals surface area contributed by atoms with Crippen molar-refractivity contribution in [2.45, 2.75) is 38.5 Å². The van der Waals surface area contributed by atoms with E-state index in [0.717, 1.165) is 12.8 Å². The Hall–Kier alpha value is 0.200. The summed E-state index contributed by atoms with van der Waals surface area (Å²) in [6, 6.07) is 0. The topological polar surface area (TPSA) is 46.2 Å². The zero-order valence-corrected chi connectivity index (χ0v) is 10.6. The predicted octanol–water partition coefficient (Wildman–Crippen LogP) is 2.12. The van der Waals surface area contributed by atoms with Crippen molar-refractivity contribution in [1.29, 1.82) is 0 Å². The van der Waals surface area contributed by atoms with Gasteiger partial charge in [-0.3, -0.25) is 0 Å². The van der Waals surface area contributed by atoms with Gasteiger partial charge in [-0.1, -0.05) is 19.3 Å². The summed E-state index contributed by atoms with van der Waals surface area (Å²) in [6.07, 6.45) is 6.65. The third-order valence-electron chi connectivity index (χ3n) is 2.86. The molecule has 0 amide bonds. The lowest BCUT2D eigenvalue weighted by Gasteiger charge is -2.21. The Morgan fingerprint density at radius 1 is 1.20 bits per heavy atom. The molecule has 0 bridgehead atoms. The van der Waals surface area contributed by atoms with Gasteiger partial charge >= 0.3 is 0 Å². The van der Waals surface area contributed by atoms with E-state index in [9.17, 15) is 8.42 Å². The molecule has 0 radical (unpaired) electrons. The summed E-state index contributed by atoms with van der Waals surface area (Å²) in [5.41, 5.74) is 0. The van der Waals surface area contributed by atoms with Crippen LogP contribution in [-0.4, -0.2) is 26.6 Å². The van der Waals surface area contributed by atoms with Gasteiger partial charge in [-0.25, -0.2) is 13.1 Å². The zero-order chi connectivity index (χ0) is 11.1. The van der Waals surface area contributed by atoms with Gasteiger partial charge in [0.05, 0.1) is 5.75 Å². The zero-order valence-electron chi connectivity index (χ0n) is 9.04. The third-order valence-corrected chi connectivity index (χ3v) is 4.56. The highest BCUT2D eigenvalue weighted by molar-refractivity contribution is 7.89. The Morgan fingerprint density at radius 2 is 1.87 bits per heavy atom. The maximum atomic E-state index is 11.5. The lowest BCUT2D eigenvalue weighted by atomic mass is 9.90. The lowest BCUT2D eigenvalue weighted by Crippen LogP contribution is -2.32. The van der Waals surface area contributed by atoms with Gasteiger partial charge in [0.15, 0.2) is 0 Å². The van der Waals surface area contributed by atoms with Gasteiger partial charge in [-0.2, -0.15) is 0 Å². The van der Waals surface area contributed by atoms with Crippen LogP contribution < -0.4 is 4.72 Å². The Balaban J connectivity index is 2.22. The summed E-state index contributed by atoms with van der Waals surface area (Å²) in [5, 5.41) is 0. The molecule has 1 N–H and O–H groups in total. The first-order valence-corrected chi connectivity index (χ1v) is 7.86. The van der Waals surface area contributed by atoms with E-state index in [4.69, 9.17) is 11.6 Å². The molecule has 0 atom stereocenters. The van der Waals surface area contributed by atoms with Gasteiger partial charge in [0.25, 0.3) is 0 Å². The molecule has 0 saturated heterocycles. The monoisotopic (exact) mass is 253 g/mol. The summed E-state index contributed by atoms with van der Waals surface area (Å²) in [4.78, 5) is 0. The Morgan fingerprint density at radius 3 is 2.47 bits per heavy atom. The van der Waals surface area contributed by atoms with Gasteiger partial charge in [-0.15, -0.1) is 11.6 Å². The second-order valence-corrected chi connectivity index (χ2v) is 6.52. The molecule has 0 spiro atoms. The molecular formula is C10H20ClNO2S. The van der Waals surface area contributed by atoms with E-state index >= 15 is 0 Å². The van der Waals surface area contributed by atoms with Crippen LogP contribution in [0.2, 0.25) is 0 Å². The molecule has 0 unspecified atom stereocenters. The van der Waals surface area contributed by atoms with Crippen LogP contribution in [0.4, 0.5) is 0 Å². The molecule has 15 heavy (non-hydrogen) atoms. The molecule has 1 saturated carbocycles. The van der Waals surface area contributed by atoms with Gasteiger partial charge in [0, 0.05) is 12.4 Å². The summed E-state index contributed by atoms with van der Waals surface area (Å²) >= 11 is 5.46. The fraction of sp³-hybridized carbons (Fsp3) is 1.00. The van der Waals surface area contributed by atoms with Crippen LogP contribution >= 0.6 is 11.6 Å². The molecule has 1 aliphatic rings. The molecule has 5 heteroatoms. The Kier molecular flexibility index (Phi) is 5.94. The number of hydrogen-bond acceptors (Lipinski definition) is 2. The van der Waals surface area contributed by atoms with Gasteiger partial charge in [-0.05, 0) is 25.2 Å². The maximum absolute atomic E-state index is 11.5. The minimum atomic E-state index is -3.08. The minimum Gasteiger partial charge on any atom is -0.215 e. The highest BCUT2D eigenvalue weighted by atomic mass is 35.5. The van der Waals surface area contributed by atoms with Crippen LogP contribution in [0, 0.1) is 5.92 Å². The summed E-state index contributed by atoms with van der Waals surface area (Å²) < 4.78 is 25.6. The smallest absolute Gasteiger partial charge is 0.211 e. The fourth-order valence-electron chi connectivity index (χ4n) is 1.95. The quantitative estimate of drug-likeness (QED) is 0.737. The molecule has 1 rings (SSSR count). The minimum absolute atomic E-state index is 0.156. The Labute approximate surface area is 97.6 Å². The van der Waals surface area contributed by atoms with Crippen LogP contribution in [0.25, 0.3) is 0 Å². The van der Waals surface area contributed by atoms with E-state index in [-0.39, 0.29) is 5.75 Å². The molecule has 0 heterocycles. The molecule has 1 aliphatic carbocycles. The lowest BCUT2D eigenvalue weighted by molar-refractivity contribution is 0.357. The highest BCUT2D eigenvalue weighted by Gasteiger charge is 2.16. The van der Waals surface area contributed by atoms with E-state index in [1.54, 1.807) is 0 Å². The van der Waals surface area contributed by atoms with Crippen LogP contribution in [-0.2, 0) is 10.0 Å². The van der Waals surface area contributed by atoms with E-state index in [1.807, 2.05) is 0 Å². The molecule has 0 aromatic carbocycles. The second-order valence-electron chi connectivity index (χ2n) is 4.21. The number of rotatable bonds is 6. The first-order valence-electron chi connectivity index (χ1n) is 5.67. The van der Waals surface area contributed by atoms with Crippen molar-refractivity contribution in [2.75, 3.05) is 18.2 Å². The molecule has 0 aromatic rings. The van der Waals surface area contributed by atoms with E-state index in [1.165, 1.54) is 19.3 Å². The maximum Gasteiger partial charge on any atom is 0.211 e. The van der Waals surface area contributed by atoms with Crippen LogP contribution in [0.3, 0.4) is 0 Å². The van der Waals surface area contributed by atoms with E-state index in [0.29, 0.717) is 24.8 Å². The molecule has 0 aliphatic heterocycles. The largest absolute Gasteiger partial charge is 0.215 e. The van der Waals surface area contributed by atoms with E-state index in [2.05, 4.69) is 4.72 Å². The Bertz CT molecular complexity index is 261. The SMILES string of the molecule is O=S(=O)(CCCCl)NCC1CCCCC1. The second kappa shape index (κ2) is 6.71. The first kappa shape index (κ1) is 13.3. The highest BCUT2D eigenvalue weighted by Crippen LogP contribution is 2.22. The van der Waals surface area contributed by atoms with Crippen molar-refractivity contribution < 1.29 is 8.42 Å². The summed E-state index contributed by atoms with van der Waals surface area (Å²) in [5.74, 6) is 1.11. The first-order chi connectivity index (χ1) is 7.14. The summed E-state index contributed by atoms with van der Waals surface area (Å²) in [7, 11) is -3.08. The normalized spacial score (nSPS) is 19.3. The standard InChI is InChI=1S/C10H20ClNO2S/c11-7-4-8-15(13,14)12-9-10-5-2-1-3-6-10/h10,12H,1-9H2. The van der Waals surface area contributed by atoms with Crippen LogP contribution in [0.1, 0.15) is 38.5 Å². The van der Waals surface area contributed by atoms with Crippen molar-refractivity contribution in [1.82, 2.24) is 4.72 Å². The number of halogens is 1. The fourth-order valence-corrected chi connectivity index (χ4v) is 3.40. The molecule has 1 fully saturated rings. The molecule has 90 valence electrons. The van der Waals surface area contributed by atoms with Crippen LogP contribution in [0.5, 0.6) is 0 Å².